The minimum absolute atomic E-state index is 0.569. The molecule has 0 aromatic heterocycles. The number of alkyl halides is 2. The first-order valence-corrected chi connectivity index (χ1v) is 4.50. The Morgan fingerprint density at radius 1 is 1.43 bits per heavy atom. The molecule has 1 unspecified atom stereocenters. The van der Waals surface area contributed by atoms with Crippen LogP contribution in [0.1, 0.15) is 6.42 Å². The van der Waals surface area contributed by atoms with Crippen molar-refractivity contribution in [1.82, 2.24) is 0 Å². The SMILES string of the molecule is [CH2]C(CBr)CCBr. The lowest BCUT2D eigenvalue weighted by Gasteiger charge is -2.00. The molecule has 0 aliphatic heterocycles. The maximum atomic E-state index is 3.87. The van der Waals surface area contributed by atoms with Crippen molar-refractivity contribution in [1.29, 1.82) is 0 Å². The first-order chi connectivity index (χ1) is 3.31. The Morgan fingerprint density at radius 2 is 2.00 bits per heavy atom. The second-order valence-corrected chi connectivity index (χ2v) is 2.94. The van der Waals surface area contributed by atoms with Gasteiger partial charge >= 0.3 is 0 Å². The van der Waals surface area contributed by atoms with Crippen LogP contribution >= 0.6 is 31.9 Å². The van der Waals surface area contributed by atoms with Crippen LogP contribution in [-0.4, -0.2) is 10.7 Å². The van der Waals surface area contributed by atoms with E-state index in [0.29, 0.717) is 5.92 Å². The van der Waals surface area contributed by atoms with Gasteiger partial charge in [-0.15, -0.1) is 0 Å². The van der Waals surface area contributed by atoms with E-state index in [0.717, 1.165) is 17.1 Å². The van der Waals surface area contributed by atoms with Crippen LogP contribution in [0.2, 0.25) is 0 Å². The smallest absolute Gasteiger partial charge is 0.00599 e. The molecule has 0 heterocycles. The van der Waals surface area contributed by atoms with Crippen LogP contribution in [0.25, 0.3) is 0 Å². The molecule has 0 aliphatic carbocycles. The summed E-state index contributed by atoms with van der Waals surface area (Å²) in [5.41, 5.74) is 0. The molecule has 2 heteroatoms. The Morgan fingerprint density at radius 3 is 2.14 bits per heavy atom. The third-order valence-corrected chi connectivity index (χ3v) is 2.11. The summed E-state index contributed by atoms with van der Waals surface area (Å²) in [5, 5.41) is 2.07. The van der Waals surface area contributed by atoms with Gasteiger partial charge in [-0.05, 0) is 19.3 Å². The second-order valence-electron chi connectivity index (χ2n) is 1.50. The van der Waals surface area contributed by atoms with E-state index in [4.69, 9.17) is 0 Å². The zero-order valence-electron chi connectivity index (χ0n) is 4.16. The molecular weight excluding hydrogens is 220 g/mol. The molecule has 0 aliphatic rings. The third kappa shape index (κ3) is 4.82. The normalized spacial score (nSPS) is 14.1. The average molecular weight is 229 g/mol. The predicted molar refractivity (Wildman–Crippen MR) is 41.1 cm³/mol. The first-order valence-electron chi connectivity index (χ1n) is 2.26. The molecule has 0 N–H and O–H groups in total. The Hall–Kier alpha value is 0.960. The van der Waals surface area contributed by atoms with Crippen molar-refractivity contribution in [2.75, 3.05) is 10.7 Å². The van der Waals surface area contributed by atoms with Crippen molar-refractivity contribution in [3.63, 3.8) is 0 Å². The number of hydrogen-bond acceptors (Lipinski definition) is 0. The summed E-state index contributed by atoms with van der Waals surface area (Å²) in [6.07, 6.45) is 1.16. The van der Waals surface area contributed by atoms with Crippen LogP contribution in [0.3, 0.4) is 0 Å². The lowest BCUT2D eigenvalue weighted by molar-refractivity contribution is 0.721. The quantitative estimate of drug-likeness (QED) is 0.652. The molecule has 0 aromatic rings. The Balaban J connectivity index is 2.83. The Labute approximate surface area is 61.9 Å². The Kier molecular flexibility index (Phi) is 5.80. The highest BCUT2D eigenvalue weighted by molar-refractivity contribution is 9.09. The number of rotatable bonds is 3. The summed E-state index contributed by atoms with van der Waals surface area (Å²) in [6, 6.07) is 0. The summed E-state index contributed by atoms with van der Waals surface area (Å²) in [4.78, 5) is 0. The van der Waals surface area contributed by atoms with E-state index in [1.807, 2.05) is 0 Å². The van der Waals surface area contributed by atoms with Gasteiger partial charge in [0.15, 0.2) is 0 Å². The topological polar surface area (TPSA) is 0 Å². The molecule has 0 saturated heterocycles. The molecule has 0 saturated carbocycles. The zero-order valence-corrected chi connectivity index (χ0v) is 7.33. The minimum Gasteiger partial charge on any atom is -0.0928 e. The van der Waals surface area contributed by atoms with E-state index in [1.165, 1.54) is 0 Å². The van der Waals surface area contributed by atoms with E-state index < -0.39 is 0 Å². The Bertz CT molecular complexity index is 37.1. The minimum atomic E-state index is 0.569. The maximum Gasteiger partial charge on any atom is 0.00599 e. The molecule has 7 heavy (non-hydrogen) atoms. The van der Waals surface area contributed by atoms with Crippen LogP contribution in [0.15, 0.2) is 0 Å². The highest BCUT2D eigenvalue weighted by Gasteiger charge is 1.94. The molecule has 1 atom stereocenters. The lowest BCUT2D eigenvalue weighted by Crippen LogP contribution is -1.95. The van der Waals surface area contributed by atoms with Gasteiger partial charge in [0.1, 0.15) is 0 Å². The summed E-state index contributed by atoms with van der Waals surface area (Å²) < 4.78 is 0. The first kappa shape index (κ1) is 7.96. The van der Waals surface area contributed by atoms with Crippen LogP contribution in [0.4, 0.5) is 0 Å². The van der Waals surface area contributed by atoms with E-state index in [1.54, 1.807) is 0 Å². The fourth-order valence-corrected chi connectivity index (χ4v) is 1.20. The lowest BCUT2D eigenvalue weighted by atomic mass is 10.2. The average Bonchev–Trinajstić information content (AvgIpc) is 1.68. The summed E-state index contributed by atoms with van der Waals surface area (Å²) in [5.74, 6) is 0.569. The monoisotopic (exact) mass is 227 g/mol. The van der Waals surface area contributed by atoms with Gasteiger partial charge in [-0.25, -0.2) is 0 Å². The van der Waals surface area contributed by atoms with E-state index in [2.05, 4.69) is 38.8 Å². The van der Waals surface area contributed by atoms with E-state index >= 15 is 0 Å². The van der Waals surface area contributed by atoms with Crippen molar-refractivity contribution < 1.29 is 0 Å². The number of hydrogen-bond donors (Lipinski definition) is 0. The fourth-order valence-electron chi connectivity index (χ4n) is 0.231. The fraction of sp³-hybridized carbons (Fsp3) is 0.800. The summed E-state index contributed by atoms with van der Waals surface area (Å²) in [7, 11) is 0. The second kappa shape index (κ2) is 5.10. The molecule has 0 spiro atoms. The van der Waals surface area contributed by atoms with Gasteiger partial charge in [0.05, 0.1) is 0 Å². The molecule has 0 rings (SSSR count). The standard InChI is InChI=1S/C5H9Br2/c1-5(4-7)2-3-6/h5H,1-4H2. The van der Waals surface area contributed by atoms with Gasteiger partial charge in [0.25, 0.3) is 0 Å². The van der Waals surface area contributed by atoms with Gasteiger partial charge in [-0.2, -0.15) is 0 Å². The van der Waals surface area contributed by atoms with E-state index in [9.17, 15) is 0 Å². The van der Waals surface area contributed by atoms with Crippen LogP contribution in [0, 0.1) is 12.8 Å². The van der Waals surface area contributed by atoms with Crippen molar-refractivity contribution in [3.8, 4) is 0 Å². The third-order valence-electron chi connectivity index (χ3n) is 0.736. The summed E-state index contributed by atoms with van der Waals surface area (Å²) in [6.45, 7) is 3.87. The number of halogens is 2. The largest absolute Gasteiger partial charge is 0.0928 e. The molecule has 0 amide bonds. The van der Waals surface area contributed by atoms with Gasteiger partial charge in [-0.3, -0.25) is 0 Å². The van der Waals surface area contributed by atoms with Crippen LogP contribution in [-0.2, 0) is 0 Å². The molecule has 0 aromatic carbocycles. The molecule has 1 radical (unpaired) electrons. The highest BCUT2D eigenvalue weighted by atomic mass is 79.9. The van der Waals surface area contributed by atoms with Crippen molar-refractivity contribution in [2.45, 2.75) is 6.42 Å². The van der Waals surface area contributed by atoms with Crippen LogP contribution < -0.4 is 0 Å². The molecule has 0 fully saturated rings. The molecule has 0 nitrogen and oxygen atoms in total. The van der Waals surface area contributed by atoms with Crippen molar-refractivity contribution in [3.05, 3.63) is 6.92 Å². The predicted octanol–water partition coefficient (Wildman–Crippen LogP) is 2.62. The van der Waals surface area contributed by atoms with Crippen molar-refractivity contribution in [2.24, 2.45) is 5.92 Å². The van der Waals surface area contributed by atoms with Crippen molar-refractivity contribution >= 4 is 31.9 Å². The molecular formula is C5H9Br2. The van der Waals surface area contributed by atoms with Crippen LogP contribution in [0.5, 0.6) is 0 Å². The zero-order chi connectivity index (χ0) is 5.70. The maximum absolute atomic E-state index is 3.87. The molecule has 0 bridgehead atoms. The molecule has 43 valence electrons. The van der Waals surface area contributed by atoms with E-state index in [-0.39, 0.29) is 0 Å². The highest BCUT2D eigenvalue weighted by Crippen LogP contribution is 2.05. The summed E-state index contributed by atoms with van der Waals surface area (Å²) >= 11 is 6.66. The van der Waals surface area contributed by atoms with Gasteiger partial charge in [0, 0.05) is 10.7 Å². The van der Waals surface area contributed by atoms with Gasteiger partial charge < -0.3 is 0 Å². The van der Waals surface area contributed by atoms with Gasteiger partial charge in [-0.1, -0.05) is 31.9 Å². The van der Waals surface area contributed by atoms with Gasteiger partial charge in [0.2, 0.25) is 0 Å².